The third-order valence-corrected chi connectivity index (χ3v) is 4.96. The van der Waals surface area contributed by atoms with Gasteiger partial charge in [0.05, 0.1) is 25.2 Å². The van der Waals surface area contributed by atoms with Crippen LogP contribution in [0.3, 0.4) is 0 Å². The average molecular weight is 421 g/mol. The molecular formula is C23H21N2O6-. The number of carboxylic acid groups (broad SMARTS) is 1. The number of carbonyl (C=O) groups is 4. The fraction of sp³-hybridized carbons (Fsp3) is 0.217. The molecule has 160 valence electrons. The number of nitrogens with zero attached hydrogens (tertiary/aromatic N) is 2. The van der Waals surface area contributed by atoms with E-state index >= 15 is 0 Å². The summed E-state index contributed by atoms with van der Waals surface area (Å²) in [6.45, 7) is 0.120. The molecule has 31 heavy (non-hydrogen) atoms. The first kappa shape index (κ1) is 21.8. The van der Waals surface area contributed by atoms with Crippen molar-refractivity contribution < 1.29 is 29.0 Å². The molecule has 1 atom stereocenters. The van der Waals surface area contributed by atoms with Gasteiger partial charge in [0, 0.05) is 12.6 Å². The summed E-state index contributed by atoms with van der Waals surface area (Å²) in [6, 6.07) is 14.6. The minimum Gasteiger partial charge on any atom is -0.545 e. The van der Waals surface area contributed by atoms with Crippen LogP contribution in [-0.2, 0) is 25.6 Å². The van der Waals surface area contributed by atoms with Crippen molar-refractivity contribution in [1.82, 2.24) is 4.90 Å². The van der Waals surface area contributed by atoms with E-state index in [1.165, 1.54) is 4.90 Å². The summed E-state index contributed by atoms with van der Waals surface area (Å²) in [7, 11) is 1.56. The maximum atomic E-state index is 13.0. The summed E-state index contributed by atoms with van der Waals surface area (Å²) in [4.78, 5) is 51.3. The number of hydrogen-bond donors (Lipinski definition) is 0. The highest BCUT2D eigenvalue weighted by molar-refractivity contribution is 6.23. The average Bonchev–Trinajstić information content (AvgIpc) is 3.07. The van der Waals surface area contributed by atoms with Gasteiger partial charge in [0.25, 0.3) is 5.91 Å². The minimum atomic E-state index is -1.52. The quantitative estimate of drug-likeness (QED) is 0.459. The van der Waals surface area contributed by atoms with Crippen LogP contribution in [-0.4, -0.2) is 48.3 Å². The Labute approximate surface area is 179 Å². The first-order valence-corrected chi connectivity index (χ1v) is 9.65. The van der Waals surface area contributed by atoms with Crippen LogP contribution in [0, 0.1) is 0 Å². The third-order valence-electron chi connectivity index (χ3n) is 4.96. The second-order valence-electron chi connectivity index (χ2n) is 6.90. The van der Waals surface area contributed by atoms with Gasteiger partial charge in [-0.25, -0.2) is 4.90 Å². The van der Waals surface area contributed by atoms with Crippen molar-refractivity contribution in [3.8, 4) is 5.75 Å². The third kappa shape index (κ3) is 5.16. The molecular weight excluding hydrogens is 400 g/mol. The van der Waals surface area contributed by atoms with Gasteiger partial charge in [0.2, 0.25) is 11.8 Å². The van der Waals surface area contributed by atoms with E-state index in [1.54, 1.807) is 49.6 Å². The summed E-state index contributed by atoms with van der Waals surface area (Å²) >= 11 is 0. The van der Waals surface area contributed by atoms with E-state index in [9.17, 15) is 24.3 Å². The van der Waals surface area contributed by atoms with Crippen molar-refractivity contribution in [1.29, 1.82) is 0 Å². The van der Waals surface area contributed by atoms with Crippen molar-refractivity contribution in [2.75, 3.05) is 18.6 Å². The van der Waals surface area contributed by atoms with E-state index in [0.717, 1.165) is 16.5 Å². The lowest BCUT2D eigenvalue weighted by atomic mass is 10.1. The lowest BCUT2D eigenvalue weighted by molar-refractivity contribution is -0.297. The molecule has 1 heterocycles. The summed E-state index contributed by atoms with van der Waals surface area (Å²) < 4.78 is 5.13. The van der Waals surface area contributed by atoms with E-state index in [2.05, 4.69) is 0 Å². The molecule has 1 fully saturated rings. The van der Waals surface area contributed by atoms with Gasteiger partial charge >= 0.3 is 0 Å². The van der Waals surface area contributed by atoms with Crippen LogP contribution in [0.15, 0.2) is 66.7 Å². The lowest BCUT2D eigenvalue weighted by Gasteiger charge is -2.26. The molecule has 1 aliphatic rings. The number of imide groups is 1. The molecule has 0 aromatic heterocycles. The Morgan fingerprint density at radius 2 is 1.77 bits per heavy atom. The van der Waals surface area contributed by atoms with Crippen molar-refractivity contribution in [2.24, 2.45) is 0 Å². The standard InChI is InChI=1S/C23H22N2O6/c1-31-18-9-7-16(8-10-18)13-14-24(20(26)11-12-22(28)29)19-15-21(27)25(23(19)30)17-5-3-2-4-6-17/h2-12,19H,13-15H2,1H3,(H,28,29)/p-1/b12-11+/t19-/m0/s1. The fourth-order valence-electron chi connectivity index (χ4n) is 3.40. The number of rotatable bonds is 8. The number of hydrogen-bond acceptors (Lipinski definition) is 6. The van der Waals surface area contributed by atoms with Gasteiger partial charge < -0.3 is 19.5 Å². The molecule has 0 bridgehead atoms. The largest absolute Gasteiger partial charge is 0.545 e. The number of para-hydroxylation sites is 1. The Bertz CT molecular complexity index is 1000. The molecule has 2 aromatic carbocycles. The first-order valence-electron chi connectivity index (χ1n) is 9.65. The smallest absolute Gasteiger partial charge is 0.257 e. The van der Waals surface area contributed by atoms with Crippen LogP contribution in [0.1, 0.15) is 12.0 Å². The van der Waals surface area contributed by atoms with Gasteiger partial charge in [-0.3, -0.25) is 14.4 Å². The van der Waals surface area contributed by atoms with Crippen LogP contribution in [0.5, 0.6) is 5.75 Å². The summed E-state index contributed by atoms with van der Waals surface area (Å²) in [5.74, 6) is -2.47. The molecule has 8 nitrogen and oxygen atoms in total. The highest BCUT2D eigenvalue weighted by Gasteiger charge is 2.43. The maximum Gasteiger partial charge on any atom is 0.257 e. The Balaban J connectivity index is 1.83. The zero-order chi connectivity index (χ0) is 22.4. The molecule has 3 rings (SSSR count). The second-order valence-corrected chi connectivity index (χ2v) is 6.90. The van der Waals surface area contributed by atoms with E-state index in [0.29, 0.717) is 23.9 Å². The molecule has 1 saturated heterocycles. The molecule has 1 aliphatic heterocycles. The number of carboxylic acids is 1. The van der Waals surface area contributed by atoms with Crippen LogP contribution < -0.4 is 14.7 Å². The van der Waals surface area contributed by atoms with Crippen molar-refractivity contribution in [2.45, 2.75) is 18.9 Å². The zero-order valence-corrected chi connectivity index (χ0v) is 16.9. The summed E-state index contributed by atoms with van der Waals surface area (Å²) in [5.41, 5.74) is 1.31. The monoisotopic (exact) mass is 421 g/mol. The SMILES string of the molecule is COc1ccc(CCN(C(=O)/C=C/C(=O)[O-])[C@H]2CC(=O)N(c3ccccc3)C2=O)cc1. The Morgan fingerprint density at radius 3 is 2.39 bits per heavy atom. The topological polar surface area (TPSA) is 107 Å². The zero-order valence-electron chi connectivity index (χ0n) is 16.9. The summed E-state index contributed by atoms with van der Waals surface area (Å²) in [6.07, 6.45) is 1.67. The first-order chi connectivity index (χ1) is 14.9. The number of amides is 3. The Kier molecular flexibility index (Phi) is 6.81. The van der Waals surface area contributed by atoms with Gasteiger partial charge in [0.15, 0.2) is 0 Å². The second kappa shape index (κ2) is 9.71. The van der Waals surface area contributed by atoms with Crippen molar-refractivity contribution in [3.63, 3.8) is 0 Å². The molecule has 3 amide bonds. The molecule has 0 spiro atoms. The molecule has 0 unspecified atom stereocenters. The molecule has 0 aliphatic carbocycles. The van der Waals surface area contributed by atoms with E-state index in [4.69, 9.17) is 4.74 Å². The van der Waals surface area contributed by atoms with Crippen molar-refractivity contribution in [3.05, 3.63) is 72.3 Å². The lowest BCUT2D eigenvalue weighted by Crippen LogP contribution is -2.46. The van der Waals surface area contributed by atoms with Gasteiger partial charge in [-0.2, -0.15) is 0 Å². The molecule has 0 saturated carbocycles. The highest BCUT2D eigenvalue weighted by atomic mass is 16.5. The van der Waals surface area contributed by atoms with Crippen molar-refractivity contribution >= 4 is 29.4 Å². The van der Waals surface area contributed by atoms with E-state index < -0.39 is 29.7 Å². The van der Waals surface area contributed by atoms with Gasteiger partial charge in [0.1, 0.15) is 11.8 Å². The van der Waals surface area contributed by atoms with E-state index in [1.807, 2.05) is 12.1 Å². The van der Waals surface area contributed by atoms with Crippen LogP contribution in [0.2, 0.25) is 0 Å². The molecule has 8 heteroatoms. The fourth-order valence-corrected chi connectivity index (χ4v) is 3.40. The van der Waals surface area contributed by atoms with Crippen LogP contribution >= 0.6 is 0 Å². The maximum absolute atomic E-state index is 13.0. The van der Waals surface area contributed by atoms with Gasteiger partial charge in [-0.05, 0) is 42.3 Å². The highest BCUT2D eigenvalue weighted by Crippen LogP contribution is 2.26. The Morgan fingerprint density at radius 1 is 1.10 bits per heavy atom. The van der Waals surface area contributed by atoms with Gasteiger partial charge in [-0.1, -0.05) is 30.3 Å². The van der Waals surface area contributed by atoms with E-state index in [-0.39, 0.29) is 13.0 Å². The Hall–Kier alpha value is -3.94. The summed E-state index contributed by atoms with van der Waals surface area (Å²) in [5, 5.41) is 10.7. The predicted octanol–water partition coefficient (Wildman–Crippen LogP) is 0.705. The van der Waals surface area contributed by atoms with Crippen LogP contribution in [0.25, 0.3) is 0 Å². The minimum absolute atomic E-state index is 0.120. The number of carbonyl (C=O) groups excluding carboxylic acids is 4. The van der Waals surface area contributed by atoms with Gasteiger partial charge in [-0.15, -0.1) is 0 Å². The number of benzene rings is 2. The number of methoxy groups -OCH3 is 1. The molecule has 2 aromatic rings. The number of ether oxygens (including phenoxy) is 1. The predicted molar refractivity (Wildman–Crippen MR) is 110 cm³/mol. The van der Waals surface area contributed by atoms with Crippen LogP contribution in [0.4, 0.5) is 5.69 Å². The molecule has 0 N–H and O–H groups in total. The number of anilines is 1. The molecule has 0 radical (unpaired) electrons. The normalized spacial score (nSPS) is 16.0. The number of aliphatic carboxylic acids is 1.